The number of pyridine rings is 1. The van der Waals surface area contributed by atoms with Gasteiger partial charge in [-0.3, -0.25) is 9.78 Å². The fourth-order valence-electron chi connectivity index (χ4n) is 3.05. The van der Waals surface area contributed by atoms with Crippen LogP contribution in [0.25, 0.3) is 0 Å². The van der Waals surface area contributed by atoms with E-state index in [0.29, 0.717) is 12.1 Å². The van der Waals surface area contributed by atoms with Crippen molar-refractivity contribution >= 4 is 5.78 Å². The minimum Gasteiger partial charge on any atom is -0.316 e. The third-order valence-electron chi connectivity index (χ3n) is 4.49. The summed E-state index contributed by atoms with van der Waals surface area (Å²) in [4.78, 5) is 15.9. The van der Waals surface area contributed by atoms with Gasteiger partial charge in [-0.2, -0.15) is 13.2 Å². The van der Waals surface area contributed by atoms with Crippen LogP contribution in [0.5, 0.6) is 0 Å². The average molecular weight is 348 g/mol. The first kappa shape index (κ1) is 17.6. The van der Waals surface area contributed by atoms with E-state index in [1.807, 2.05) is 24.3 Å². The number of benzene rings is 1. The van der Waals surface area contributed by atoms with Crippen LogP contribution in [0.2, 0.25) is 0 Å². The van der Waals surface area contributed by atoms with Crippen molar-refractivity contribution in [2.24, 2.45) is 0 Å². The molecule has 0 amide bonds. The number of nitrogens with one attached hydrogen (secondary N) is 1. The molecule has 1 saturated heterocycles. The summed E-state index contributed by atoms with van der Waals surface area (Å²) >= 11 is 0. The van der Waals surface area contributed by atoms with Gasteiger partial charge < -0.3 is 5.32 Å². The summed E-state index contributed by atoms with van der Waals surface area (Å²) in [5, 5.41) is 3.37. The van der Waals surface area contributed by atoms with Crippen molar-refractivity contribution in [3.8, 4) is 0 Å². The summed E-state index contributed by atoms with van der Waals surface area (Å²) in [6.45, 7) is 2.02. The van der Waals surface area contributed by atoms with Gasteiger partial charge in [0.1, 0.15) is 5.69 Å². The Balaban J connectivity index is 1.64. The zero-order chi connectivity index (χ0) is 17.9. The zero-order valence-corrected chi connectivity index (χ0v) is 13.6. The van der Waals surface area contributed by atoms with E-state index in [0.717, 1.165) is 43.6 Å². The number of Topliss-reactive ketones (excluding diaryl/α,β-unsaturated/α-hetero) is 1. The number of hydrogen-bond donors (Lipinski definition) is 1. The van der Waals surface area contributed by atoms with Crippen molar-refractivity contribution in [1.82, 2.24) is 10.3 Å². The van der Waals surface area contributed by atoms with Gasteiger partial charge in [0.25, 0.3) is 0 Å². The van der Waals surface area contributed by atoms with Crippen molar-refractivity contribution in [2.75, 3.05) is 13.1 Å². The Morgan fingerprint density at radius 1 is 1.16 bits per heavy atom. The largest absolute Gasteiger partial charge is 0.417 e. The number of rotatable bonds is 4. The Hall–Kier alpha value is -2.21. The Kier molecular flexibility index (Phi) is 5.18. The predicted molar refractivity (Wildman–Crippen MR) is 88.6 cm³/mol. The van der Waals surface area contributed by atoms with E-state index in [1.165, 1.54) is 5.56 Å². The number of piperidine rings is 1. The van der Waals surface area contributed by atoms with Crippen LogP contribution in [0.15, 0.2) is 42.6 Å². The molecule has 1 aromatic heterocycles. The first-order valence-corrected chi connectivity index (χ1v) is 8.29. The van der Waals surface area contributed by atoms with Gasteiger partial charge in [-0.05, 0) is 48.6 Å². The highest BCUT2D eigenvalue weighted by Gasteiger charge is 2.30. The molecule has 1 fully saturated rings. The van der Waals surface area contributed by atoms with Gasteiger partial charge in [0, 0.05) is 19.2 Å². The number of carbonyl (C=O) groups is 1. The van der Waals surface area contributed by atoms with Gasteiger partial charge in [-0.15, -0.1) is 0 Å². The van der Waals surface area contributed by atoms with E-state index in [2.05, 4.69) is 10.3 Å². The molecule has 3 nitrogen and oxygen atoms in total. The first-order chi connectivity index (χ1) is 11.9. The highest BCUT2D eigenvalue weighted by Crippen LogP contribution is 2.28. The molecule has 1 atom stereocenters. The van der Waals surface area contributed by atoms with Crippen LogP contribution in [-0.2, 0) is 12.6 Å². The smallest absolute Gasteiger partial charge is 0.316 e. The lowest BCUT2D eigenvalue weighted by molar-refractivity contribution is -0.137. The molecule has 0 saturated carbocycles. The monoisotopic (exact) mass is 348 g/mol. The maximum absolute atomic E-state index is 12.5. The zero-order valence-electron chi connectivity index (χ0n) is 13.6. The van der Waals surface area contributed by atoms with Crippen LogP contribution in [0.3, 0.4) is 0 Å². The summed E-state index contributed by atoms with van der Waals surface area (Å²) in [6, 6.07) is 9.89. The quantitative estimate of drug-likeness (QED) is 0.850. The molecule has 2 aromatic rings. The van der Waals surface area contributed by atoms with Crippen LogP contribution in [0.1, 0.15) is 45.9 Å². The third-order valence-corrected chi connectivity index (χ3v) is 4.49. The van der Waals surface area contributed by atoms with Crippen LogP contribution in [0.4, 0.5) is 13.2 Å². The maximum atomic E-state index is 12.5. The van der Waals surface area contributed by atoms with E-state index >= 15 is 0 Å². The SMILES string of the molecule is O=C(Cc1ccc(C2CCCNC2)cc1)c1ccc(C(F)(F)F)cn1. The molecule has 0 spiro atoms. The van der Waals surface area contributed by atoms with E-state index < -0.39 is 11.7 Å². The molecular formula is C19H19F3N2O. The fraction of sp³-hybridized carbons (Fsp3) is 0.368. The highest BCUT2D eigenvalue weighted by molar-refractivity contribution is 5.95. The van der Waals surface area contributed by atoms with Gasteiger partial charge >= 0.3 is 6.18 Å². The van der Waals surface area contributed by atoms with Crippen molar-refractivity contribution < 1.29 is 18.0 Å². The summed E-state index contributed by atoms with van der Waals surface area (Å²) in [5.41, 5.74) is 1.28. The van der Waals surface area contributed by atoms with Crippen molar-refractivity contribution in [1.29, 1.82) is 0 Å². The molecule has 0 bridgehead atoms. The van der Waals surface area contributed by atoms with Crippen molar-refractivity contribution in [3.05, 3.63) is 65.0 Å². The molecule has 1 aliphatic heterocycles. The number of hydrogen-bond acceptors (Lipinski definition) is 3. The lowest BCUT2D eigenvalue weighted by atomic mass is 9.91. The molecule has 1 N–H and O–H groups in total. The first-order valence-electron chi connectivity index (χ1n) is 8.29. The average Bonchev–Trinajstić information content (AvgIpc) is 2.62. The summed E-state index contributed by atoms with van der Waals surface area (Å²) < 4.78 is 37.6. The normalized spacial score (nSPS) is 18.1. The molecule has 1 aliphatic rings. The topological polar surface area (TPSA) is 42.0 Å². The second kappa shape index (κ2) is 7.35. The predicted octanol–water partition coefficient (Wildman–Crippen LogP) is 3.99. The van der Waals surface area contributed by atoms with Gasteiger partial charge in [0.15, 0.2) is 5.78 Å². The third kappa shape index (κ3) is 4.45. The van der Waals surface area contributed by atoms with E-state index in [4.69, 9.17) is 0 Å². The molecule has 25 heavy (non-hydrogen) atoms. The second-order valence-corrected chi connectivity index (χ2v) is 6.31. The van der Waals surface area contributed by atoms with Crippen LogP contribution in [0, 0.1) is 0 Å². The molecule has 0 radical (unpaired) electrons. The van der Waals surface area contributed by atoms with Crippen LogP contribution in [-0.4, -0.2) is 23.9 Å². The summed E-state index contributed by atoms with van der Waals surface area (Å²) in [7, 11) is 0. The van der Waals surface area contributed by atoms with Gasteiger partial charge in [-0.1, -0.05) is 24.3 Å². The number of ketones is 1. The number of aromatic nitrogens is 1. The Morgan fingerprint density at radius 3 is 2.48 bits per heavy atom. The second-order valence-electron chi connectivity index (χ2n) is 6.31. The maximum Gasteiger partial charge on any atom is 0.417 e. The molecule has 0 aliphatic carbocycles. The number of carbonyl (C=O) groups excluding carboxylic acids is 1. The lowest BCUT2D eigenvalue weighted by Crippen LogP contribution is -2.28. The minimum atomic E-state index is -4.45. The number of halogens is 3. The molecule has 132 valence electrons. The lowest BCUT2D eigenvalue weighted by Gasteiger charge is -2.23. The van der Waals surface area contributed by atoms with Crippen molar-refractivity contribution in [2.45, 2.75) is 31.4 Å². The summed E-state index contributed by atoms with van der Waals surface area (Å²) in [6.07, 6.45) is -1.31. The van der Waals surface area contributed by atoms with E-state index in [9.17, 15) is 18.0 Å². The molecular weight excluding hydrogens is 329 g/mol. The highest BCUT2D eigenvalue weighted by atomic mass is 19.4. The Bertz CT molecular complexity index is 718. The number of alkyl halides is 3. The minimum absolute atomic E-state index is 0.0496. The molecule has 1 unspecified atom stereocenters. The van der Waals surface area contributed by atoms with Crippen LogP contribution < -0.4 is 5.32 Å². The molecule has 2 heterocycles. The Morgan fingerprint density at radius 2 is 1.92 bits per heavy atom. The fourth-order valence-corrected chi connectivity index (χ4v) is 3.05. The molecule has 3 rings (SSSR count). The van der Waals surface area contributed by atoms with Gasteiger partial charge in [0.05, 0.1) is 5.56 Å². The van der Waals surface area contributed by atoms with E-state index in [1.54, 1.807) is 0 Å². The van der Waals surface area contributed by atoms with Gasteiger partial charge in [0.2, 0.25) is 0 Å². The standard InChI is InChI=1S/C19H19F3N2O/c20-19(21,22)16-7-8-17(24-12-16)18(25)10-13-3-5-14(6-4-13)15-2-1-9-23-11-15/h3-8,12,15,23H,1-2,9-11H2. The van der Waals surface area contributed by atoms with Crippen molar-refractivity contribution in [3.63, 3.8) is 0 Å². The van der Waals surface area contributed by atoms with E-state index in [-0.39, 0.29) is 17.9 Å². The number of nitrogens with zero attached hydrogens (tertiary/aromatic N) is 1. The van der Waals surface area contributed by atoms with Crippen LogP contribution >= 0.6 is 0 Å². The molecule has 6 heteroatoms. The summed E-state index contributed by atoms with van der Waals surface area (Å²) in [5.74, 6) is 0.205. The van der Waals surface area contributed by atoms with Gasteiger partial charge in [-0.25, -0.2) is 0 Å². The molecule has 1 aromatic carbocycles. The Labute approximate surface area is 144 Å².